The molecule has 1 aliphatic heterocycles. The van der Waals surface area contributed by atoms with Gasteiger partial charge in [0.15, 0.2) is 0 Å². The van der Waals surface area contributed by atoms with Gasteiger partial charge in [0.25, 0.3) is 0 Å². The second-order valence-corrected chi connectivity index (χ2v) is 5.29. The summed E-state index contributed by atoms with van der Waals surface area (Å²) in [6.45, 7) is 0.536. The normalized spacial score (nSPS) is 18.6. The molecule has 8 heteroatoms. The van der Waals surface area contributed by atoms with Gasteiger partial charge in [0.2, 0.25) is 0 Å². The largest absolute Gasteiger partial charge is 0.480 e. The average molecular weight is 264 g/mol. The highest BCUT2D eigenvalue weighted by atomic mass is 32.2. The zero-order valence-corrected chi connectivity index (χ0v) is 10.2. The van der Waals surface area contributed by atoms with Crippen molar-refractivity contribution in [1.29, 1.82) is 0 Å². The molecule has 1 rings (SSSR count). The van der Waals surface area contributed by atoms with E-state index in [1.165, 1.54) is 23.9 Å². The Morgan fingerprint density at radius 3 is 3.27 bits per heavy atom. The van der Waals surface area contributed by atoms with Gasteiger partial charge in [-0.15, -0.1) is 0 Å². The molecule has 0 aliphatic carbocycles. The quantitative estimate of drug-likeness (QED) is 0.538. The van der Waals surface area contributed by atoms with Crippen LogP contribution in [0.3, 0.4) is 0 Å². The summed E-state index contributed by atoms with van der Waals surface area (Å²) in [5.41, 5.74) is 5.39. The van der Waals surface area contributed by atoms with Crippen molar-refractivity contribution in [2.75, 3.05) is 12.4 Å². The predicted octanol–water partition coefficient (Wildman–Crippen LogP) is 0.633. The second kappa shape index (κ2) is 6.44. The number of aliphatic imine (C=N–C) groups is 1. The number of carbonyl (C=O) groups is 1. The fraction of sp³-hybridized carbons (Fsp3) is 0.571. The minimum atomic E-state index is -1.00. The molecule has 1 heterocycles. The highest BCUT2D eigenvalue weighted by molar-refractivity contribution is 8.21. The van der Waals surface area contributed by atoms with E-state index in [4.69, 9.17) is 10.8 Å². The van der Waals surface area contributed by atoms with E-state index in [1.807, 2.05) is 3.71 Å². The van der Waals surface area contributed by atoms with Crippen molar-refractivity contribution in [3.05, 3.63) is 0 Å². The zero-order chi connectivity index (χ0) is 11.3. The predicted molar refractivity (Wildman–Crippen MR) is 67.0 cm³/mol. The number of nitrogens with zero attached hydrogens (tertiary/aromatic N) is 2. The van der Waals surface area contributed by atoms with Gasteiger partial charge in [-0.1, -0.05) is 24.2 Å². The van der Waals surface area contributed by atoms with Crippen LogP contribution in [0.4, 0.5) is 0 Å². The van der Waals surface area contributed by atoms with E-state index >= 15 is 0 Å². The van der Waals surface area contributed by atoms with E-state index < -0.39 is 12.0 Å². The van der Waals surface area contributed by atoms with E-state index in [2.05, 4.69) is 22.6 Å². The van der Waals surface area contributed by atoms with E-state index in [0.717, 1.165) is 5.04 Å². The van der Waals surface area contributed by atoms with E-state index in [9.17, 15) is 4.79 Å². The third kappa shape index (κ3) is 4.47. The average Bonchev–Trinajstić information content (AvgIpc) is 2.62. The monoisotopic (exact) mass is 264 g/mol. The molecule has 1 atom stereocenters. The summed E-state index contributed by atoms with van der Waals surface area (Å²) in [5.74, 6) is -0.382. The number of carboxylic acids is 1. The van der Waals surface area contributed by atoms with Gasteiger partial charge in [0.05, 0.1) is 5.04 Å². The lowest BCUT2D eigenvalue weighted by Crippen LogP contribution is -2.31. The minimum absolute atomic E-state index is 0.276. The van der Waals surface area contributed by atoms with Crippen LogP contribution in [0.2, 0.25) is 0 Å². The van der Waals surface area contributed by atoms with Gasteiger partial charge in [0.1, 0.15) is 12.7 Å². The Morgan fingerprint density at radius 2 is 2.67 bits per heavy atom. The molecule has 0 saturated carbocycles. The van der Waals surface area contributed by atoms with E-state index in [1.54, 1.807) is 0 Å². The minimum Gasteiger partial charge on any atom is -0.480 e. The Kier molecular flexibility index (Phi) is 5.54. The third-order valence-electron chi connectivity index (χ3n) is 1.55. The summed E-state index contributed by atoms with van der Waals surface area (Å²) in [4.78, 5) is 14.7. The summed E-state index contributed by atoms with van der Waals surface area (Å²) in [6.07, 6.45) is 0.276. The number of aliphatic carboxylic acids is 1. The Bertz CT molecular complexity index is 285. The number of thiocarbonyl (C=S) groups is 1. The smallest absolute Gasteiger partial charge is 0.320 e. The first kappa shape index (κ1) is 12.9. The standard InChI is InChI=1S/C7H10N3O2S3/c8-5(7(11)12)3-6-9-4-10(15-6)14-2-1-13/h5H,2-4,8H2,(H,11,12). The molecule has 1 radical (unpaired) electrons. The number of nitrogens with two attached hydrogens (primary N) is 1. The molecule has 1 aliphatic rings. The molecule has 15 heavy (non-hydrogen) atoms. The van der Waals surface area contributed by atoms with Gasteiger partial charge >= 0.3 is 5.97 Å². The lowest BCUT2D eigenvalue weighted by atomic mass is 10.2. The Labute approximate surface area is 102 Å². The summed E-state index contributed by atoms with van der Waals surface area (Å²) in [6, 6.07) is -0.877. The topological polar surface area (TPSA) is 78.9 Å². The summed E-state index contributed by atoms with van der Waals surface area (Å²) >= 11 is 7.49. The van der Waals surface area contributed by atoms with Gasteiger partial charge in [0, 0.05) is 17.5 Å². The Balaban J connectivity index is 2.29. The Morgan fingerprint density at radius 1 is 1.93 bits per heavy atom. The highest BCUT2D eigenvalue weighted by Crippen LogP contribution is 2.29. The lowest BCUT2D eigenvalue weighted by Gasteiger charge is -2.09. The van der Waals surface area contributed by atoms with Crippen molar-refractivity contribution in [3.63, 3.8) is 0 Å². The van der Waals surface area contributed by atoms with Crippen molar-refractivity contribution in [1.82, 2.24) is 3.71 Å². The van der Waals surface area contributed by atoms with Crippen LogP contribution in [0.5, 0.6) is 0 Å². The molecule has 1 unspecified atom stereocenters. The number of carboxylic acid groups (broad SMARTS) is 1. The van der Waals surface area contributed by atoms with Crippen molar-refractivity contribution >= 4 is 52.5 Å². The number of hydrogen-bond acceptors (Lipinski definition) is 7. The molecule has 0 fully saturated rings. The van der Waals surface area contributed by atoms with E-state index in [0.29, 0.717) is 12.4 Å². The summed E-state index contributed by atoms with van der Waals surface area (Å²) in [5, 5.41) is 12.0. The van der Waals surface area contributed by atoms with Crippen LogP contribution < -0.4 is 5.73 Å². The molecule has 0 aromatic heterocycles. The van der Waals surface area contributed by atoms with Crippen LogP contribution in [-0.4, -0.2) is 43.7 Å². The molecule has 0 saturated heterocycles. The summed E-state index contributed by atoms with van der Waals surface area (Å²) in [7, 11) is 0. The van der Waals surface area contributed by atoms with Crippen molar-refractivity contribution in [2.45, 2.75) is 12.5 Å². The van der Waals surface area contributed by atoms with Gasteiger partial charge < -0.3 is 10.8 Å². The van der Waals surface area contributed by atoms with Gasteiger partial charge in [-0.25, -0.2) is 0 Å². The summed E-state index contributed by atoms with van der Waals surface area (Å²) < 4.78 is 1.92. The lowest BCUT2D eigenvalue weighted by molar-refractivity contribution is -0.138. The third-order valence-corrected chi connectivity index (χ3v) is 3.92. The first-order chi connectivity index (χ1) is 7.13. The van der Waals surface area contributed by atoms with Crippen LogP contribution >= 0.6 is 36.1 Å². The molecule has 5 nitrogen and oxygen atoms in total. The molecule has 0 aromatic carbocycles. The zero-order valence-electron chi connectivity index (χ0n) is 7.75. The van der Waals surface area contributed by atoms with Crippen LogP contribution in [-0.2, 0) is 4.79 Å². The first-order valence-electron chi connectivity index (χ1n) is 4.08. The van der Waals surface area contributed by atoms with Gasteiger partial charge in [-0.05, 0) is 11.9 Å². The Hall–Kier alpha value is -0.150. The maximum atomic E-state index is 10.5. The molecular weight excluding hydrogens is 254 g/mol. The second-order valence-electron chi connectivity index (χ2n) is 2.68. The number of hydrogen-bond donors (Lipinski definition) is 2. The molecule has 83 valence electrons. The maximum absolute atomic E-state index is 10.5. The van der Waals surface area contributed by atoms with Crippen molar-refractivity contribution in [3.8, 4) is 0 Å². The van der Waals surface area contributed by atoms with Gasteiger partial charge in [-0.2, -0.15) is 3.71 Å². The SMILES string of the molecule is NC(CC1=NCN(SC[C]=S)S1)C(=O)O. The highest BCUT2D eigenvalue weighted by Gasteiger charge is 2.22. The number of rotatable bonds is 6. The van der Waals surface area contributed by atoms with Crippen LogP contribution in [0, 0.1) is 0 Å². The molecule has 3 N–H and O–H groups in total. The molecular formula is C7H10N3O2S3. The first-order valence-corrected chi connectivity index (χ1v) is 6.21. The van der Waals surface area contributed by atoms with E-state index in [-0.39, 0.29) is 6.42 Å². The van der Waals surface area contributed by atoms with Crippen LogP contribution in [0.1, 0.15) is 6.42 Å². The fourth-order valence-electron chi connectivity index (χ4n) is 0.855. The van der Waals surface area contributed by atoms with Crippen LogP contribution in [0.25, 0.3) is 0 Å². The maximum Gasteiger partial charge on any atom is 0.320 e. The molecule has 0 spiro atoms. The molecule has 0 bridgehead atoms. The van der Waals surface area contributed by atoms with Gasteiger partial charge in [-0.3, -0.25) is 9.79 Å². The van der Waals surface area contributed by atoms with Crippen LogP contribution in [0.15, 0.2) is 4.99 Å². The molecule has 0 aromatic rings. The fourth-order valence-corrected chi connectivity index (χ4v) is 2.70. The molecule has 0 amide bonds. The van der Waals surface area contributed by atoms with Crippen molar-refractivity contribution in [2.24, 2.45) is 10.7 Å². The van der Waals surface area contributed by atoms with Crippen molar-refractivity contribution < 1.29 is 9.90 Å².